The lowest BCUT2D eigenvalue weighted by atomic mass is 9.96. The molecule has 5 fully saturated rings. The quantitative estimate of drug-likeness (QED) is 0.375. The first-order valence-electron chi connectivity index (χ1n) is 14.6. The largest absolute Gasteiger partial charge is 0.368 e. The number of fused-ring (bicyclic) bond motifs is 2. The lowest BCUT2D eigenvalue weighted by molar-refractivity contribution is -0.378. The maximum absolute atomic E-state index is 6.77. The second-order valence-electron chi connectivity index (χ2n) is 11.9. The van der Waals surface area contributed by atoms with Gasteiger partial charge < -0.3 is 52.1 Å². The molecule has 0 spiro atoms. The molecule has 11 atom stereocenters. The molecule has 11 heteroatoms. The summed E-state index contributed by atoms with van der Waals surface area (Å²) in [6.45, 7) is 16.2. The predicted octanol–water partition coefficient (Wildman–Crippen LogP) is 3.38. The molecule has 0 bridgehead atoms. The Hall–Kier alpha value is -1.74. The van der Waals surface area contributed by atoms with Crippen LogP contribution in [-0.2, 0) is 52.1 Å². The topological polar surface area (TPSA) is 102 Å². The highest BCUT2D eigenvalue weighted by Crippen LogP contribution is 2.44. The van der Waals surface area contributed by atoms with Gasteiger partial charge in [0.25, 0.3) is 0 Å². The predicted molar refractivity (Wildman–Crippen MR) is 147 cm³/mol. The van der Waals surface area contributed by atoms with E-state index in [0.717, 1.165) is 5.56 Å². The molecule has 5 saturated heterocycles. The van der Waals surface area contributed by atoms with Gasteiger partial charge >= 0.3 is 0 Å². The van der Waals surface area contributed by atoms with Crippen LogP contribution >= 0.6 is 0 Å². The second kappa shape index (κ2) is 12.3. The van der Waals surface area contributed by atoms with E-state index in [1.165, 1.54) is 0 Å². The van der Waals surface area contributed by atoms with Crippen molar-refractivity contribution in [1.29, 1.82) is 0 Å². The van der Waals surface area contributed by atoms with Crippen molar-refractivity contribution in [1.82, 2.24) is 0 Å². The van der Waals surface area contributed by atoms with E-state index < -0.39 is 79.3 Å². The van der Waals surface area contributed by atoms with E-state index in [0.29, 0.717) is 6.61 Å². The highest BCUT2D eigenvalue weighted by atomic mass is 16.9. The molecule has 0 saturated carbocycles. The zero-order valence-electron chi connectivity index (χ0n) is 24.6. The number of ether oxygens (including phenoxy) is 11. The molecule has 1 aromatic rings. The van der Waals surface area contributed by atoms with Crippen LogP contribution in [0.2, 0.25) is 0 Å². The Kier molecular flexibility index (Phi) is 8.90. The van der Waals surface area contributed by atoms with Crippen molar-refractivity contribution in [3.8, 4) is 0 Å². The van der Waals surface area contributed by atoms with Crippen LogP contribution in [0.5, 0.6) is 0 Å². The van der Waals surface area contributed by atoms with E-state index in [1.54, 1.807) is 12.2 Å². The minimum Gasteiger partial charge on any atom is -0.368 e. The molecule has 0 aliphatic carbocycles. The van der Waals surface area contributed by atoms with Gasteiger partial charge in [0.1, 0.15) is 48.8 Å². The first-order valence-corrected chi connectivity index (χ1v) is 14.6. The Bertz CT molecular complexity index is 1080. The fourth-order valence-corrected chi connectivity index (χ4v) is 6.15. The van der Waals surface area contributed by atoms with Gasteiger partial charge in [0.15, 0.2) is 30.4 Å². The Morgan fingerprint density at radius 1 is 0.762 bits per heavy atom. The Balaban J connectivity index is 1.27. The SMILES string of the molecule is C=CCO[C@@H]1[C@H](OCC=C)[C@H](O[C@@H]2[C@H]3OC(C)(C)O[C@H]3O[C@@H]2[C@H]2COC(C)(C)O2)O[C@@H]2CO[C@@H](c3ccccc3)O[C@@H]12. The Morgan fingerprint density at radius 3 is 2.17 bits per heavy atom. The number of rotatable bonds is 10. The summed E-state index contributed by atoms with van der Waals surface area (Å²) in [5.41, 5.74) is 0.903. The van der Waals surface area contributed by atoms with Crippen molar-refractivity contribution in [2.24, 2.45) is 0 Å². The summed E-state index contributed by atoms with van der Waals surface area (Å²) in [6, 6.07) is 9.76. The van der Waals surface area contributed by atoms with Crippen molar-refractivity contribution in [2.75, 3.05) is 26.4 Å². The normalized spacial score (nSPS) is 42.1. The maximum Gasteiger partial charge on any atom is 0.190 e. The fourth-order valence-electron chi connectivity index (χ4n) is 6.15. The third-order valence-corrected chi connectivity index (χ3v) is 7.88. The molecule has 0 amide bonds. The Labute approximate surface area is 246 Å². The van der Waals surface area contributed by atoms with Gasteiger partial charge in [0, 0.05) is 5.56 Å². The van der Waals surface area contributed by atoms with Crippen LogP contribution in [-0.4, -0.2) is 99.4 Å². The summed E-state index contributed by atoms with van der Waals surface area (Å²) in [7, 11) is 0. The van der Waals surface area contributed by atoms with Crippen molar-refractivity contribution in [3.05, 3.63) is 61.2 Å². The minimum atomic E-state index is -0.890. The molecule has 5 aliphatic heterocycles. The summed E-state index contributed by atoms with van der Waals surface area (Å²) in [5.74, 6) is -1.60. The third-order valence-electron chi connectivity index (χ3n) is 7.88. The molecule has 0 unspecified atom stereocenters. The van der Waals surface area contributed by atoms with Gasteiger partial charge in [-0.2, -0.15) is 0 Å². The summed E-state index contributed by atoms with van der Waals surface area (Å²) in [4.78, 5) is 0. The van der Waals surface area contributed by atoms with Gasteiger partial charge in [-0.1, -0.05) is 42.5 Å². The van der Waals surface area contributed by atoms with E-state index in [-0.39, 0.29) is 19.8 Å². The van der Waals surface area contributed by atoms with Gasteiger partial charge in [0.2, 0.25) is 0 Å². The van der Waals surface area contributed by atoms with E-state index in [9.17, 15) is 0 Å². The summed E-state index contributed by atoms with van der Waals surface area (Å²) in [6.07, 6.45) is -3.12. The molecular formula is C31H42O11. The molecular weight excluding hydrogens is 548 g/mol. The molecule has 0 N–H and O–H groups in total. The van der Waals surface area contributed by atoms with Crippen LogP contribution < -0.4 is 0 Å². The number of benzene rings is 1. The zero-order valence-corrected chi connectivity index (χ0v) is 24.6. The standard InChI is InChI=1S/C31H42O11/c1-7-14-32-23-21-19(16-34-27(37-21)18-12-10-9-11-13-18)36-28(25(23)33-15-8-2)39-24-22(20-17-35-30(3,4)40-20)38-29-26(24)41-31(5,6)42-29/h7-13,19-29H,1-2,14-17H2,3-6H3/t19-,20-,21-,22-,23+,24+,25+,26-,27-,28+,29-/m1/s1. The van der Waals surface area contributed by atoms with Crippen molar-refractivity contribution in [3.63, 3.8) is 0 Å². The molecule has 6 rings (SSSR count). The second-order valence-corrected chi connectivity index (χ2v) is 11.9. The third kappa shape index (κ3) is 6.24. The van der Waals surface area contributed by atoms with Gasteiger partial charge in [-0.25, -0.2) is 0 Å². The highest BCUT2D eigenvalue weighted by molar-refractivity contribution is 5.17. The highest BCUT2D eigenvalue weighted by Gasteiger charge is 2.61. The molecule has 232 valence electrons. The van der Waals surface area contributed by atoms with Gasteiger partial charge in [0.05, 0.1) is 26.4 Å². The lowest BCUT2D eigenvalue weighted by Gasteiger charge is -2.49. The summed E-state index contributed by atoms with van der Waals surface area (Å²) >= 11 is 0. The summed E-state index contributed by atoms with van der Waals surface area (Å²) < 4.78 is 69.2. The molecule has 5 heterocycles. The zero-order chi connectivity index (χ0) is 29.5. The van der Waals surface area contributed by atoms with E-state index in [2.05, 4.69) is 13.2 Å². The first kappa shape index (κ1) is 30.3. The van der Waals surface area contributed by atoms with E-state index >= 15 is 0 Å². The maximum atomic E-state index is 6.77. The van der Waals surface area contributed by atoms with Crippen molar-refractivity contribution < 1.29 is 52.1 Å². The number of hydrogen-bond donors (Lipinski definition) is 0. The average molecular weight is 591 g/mol. The molecule has 42 heavy (non-hydrogen) atoms. The van der Waals surface area contributed by atoms with Crippen molar-refractivity contribution >= 4 is 0 Å². The minimum absolute atomic E-state index is 0.245. The molecule has 1 aromatic carbocycles. The first-order chi connectivity index (χ1) is 20.2. The lowest BCUT2D eigenvalue weighted by Crippen LogP contribution is -2.64. The molecule has 0 radical (unpaired) electrons. The molecule has 11 nitrogen and oxygen atoms in total. The van der Waals surface area contributed by atoms with Gasteiger partial charge in [-0.15, -0.1) is 13.2 Å². The average Bonchev–Trinajstić information content (AvgIpc) is 3.59. The Morgan fingerprint density at radius 2 is 1.48 bits per heavy atom. The molecule has 5 aliphatic rings. The summed E-state index contributed by atoms with van der Waals surface area (Å²) in [5, 5.41) is 0. The van der Waals surface area contributed by atoms with Crippen LogP contribution in [0, 0.1) is 0 Å². The van der Waals surface area contributed by atoms with Crippen LogP contribution in [0.3, 0.4) is 0 Å². The molecule has 0 aromatic heterocycles. The van der Waals surface area contributed by atoms with Gasteiger partial charge in [-0.05, 0) is 27.7 Å². The smallest absolute Gasteiger partial charge is 0.190 e. The van der Waals surface area contributed by atoms with E-state index in [4.69, 9.17) is 52.1 Å². The van der Waals surface area contributed by atoms with Crippen LogP contribution in [0.15, 0.2) is 55.6 Å². The van der Waals surface area contributed by atoms with E-state index in [1.807, 2.05) is 58.0 Å². The van der Waals surface area contributed by atoms with Crippen LogP contribution in [0.25, 0.3) is 0 Å². The van der Waals surface area contributed by atoms with Crippen LogP contribution in [0.1, 0.15) is 39.5 Å². The van der Waals surface area contributed by atoms with Crippen molar-refractivity contribution in [2.45, 2.75) is 107 Å². The fraction of sp³-hybridized carbons (Fsp3) is 0.677. The van der Waals surface area contributed by atoms with Crippen LogP contribution in [0.4, 0.5) is 0 Å². The number of hydrogen-bond acceptors (Lipinski definition) is 11. The monoisotopic (exact) mass is 590 g/mol. The van der Waals surface area contributed by atoms with Gasteiger partial charge in [-0.3, -0.25) is 0 Å².